The molecule has 1 N–H and O–H groups in total. The van der Waals surface area contributed by atoms with Crippen LogP contribution in [0.3, 0.4) is 0 Å². The molecule has 132 valence electrons. The van der Waals surface area contributed by atoms with Crippen molar-refractivity contribution in [3.63, 3.8) is 0 Å². The molecule has 0 aromatic carbocycles. The quantitative estimate of drug-likeness (QED) is 0.580. The molecule has 0 amide bonds. The second-order valence-corrected chi connectivity index (χ2v) is 8.94. The van der Waals surface area contributed by atoms with Crippen LogP contribution in [0.25, 0.3) is 0 Å². The van der Waals surface area contributed by atoms with Gasteiger partial charge in [-0.15, -0.1) is 0 Å². The van der Waals surface area contributed by atoms with Gasteiger partial charge in [0, 0.05) is 18.8 Å². The van der Waals surface area contributed by atoms with Crippen molar-refractivity contribution in [1.29, 1.82) is 0 Å². The average molecular weight is 330 g/mol. The van der Waals surface area contributed by atoms with Crippen molar-refractivity contribution in [2.24, 2.45) is 22.7 Å². The molecular weight excluding hydrogens is 300 g/mol. The fourth-order valence-corrected chi connectivity index (χ4v) is 6.28. The Bertz CT molecular complexity index is 619. The van der Waals surface area contributed by atoms with Crippen molar-refractivity contribution in [3.05, 3.63) is 23.3 Å². The van der Waals surface area contributed by atoms with E-state index in [1.165, 1.54) is 24.5 Å². The smallest absolute Gasteiger partial charge is 0.302 e. The van der Waals surface area contributed by atoms with Crippen LogP contribution in [0.2, 0.25) is 0 Å². The van der Waals surface area contributed by atoms with Crippen LogP contribution in [-0.4, -0.2) is 23.3 Å². The lowest BCUT2D eigenvalue weighted by Crippen LogP contribution is -2.48. The highest BCUT2D eigenvalue weighted by Crippen LogP contribution is 2.63. The number of hydrogen-bond acceptors (Lipinski definition) is 3. The van der Waals surface area contributed by atoms with Gasteiger partial charge < -0.3 is 9.84 Å². The molecule has 24 heavy (non-hydrogen) atoms. The van der Waals surface area contributed by atoms with Crippen LogP contribution in [0.15, 0.2) is 23.3 Å². The monoisotopic (exact) mass is 330 g/mol. The molecule has 4 aliphatic rings. The maximum absolute atomic E-state index is 11.3. The molecule has 4 aliphatic carbocycles. The number of rotatable bonds is 1. The zero-order valence-corrected chi connectivity index (χ0v) is 15.2. The predicted molar refractivity (Wildman–Crippen MR) is 93.2 cm³/mol. The summed E-state index contributed by atoms with van der Waals surface area (Å²) in [6.07, 6.45) is 11.9. The van der Waals surface area contributed by atoms with Crippen LogP contribution in [0, 0.1) is 22.7 Å². The highest BCUT2D eigenvalue weighted by atomic mass is 16.5. The highest BCUT2D eigenvalue weighted by molar-refractivity contribution is 5.66. The molecule has 0 spiro atoms. The Balaban J connectivity index is 1.61. The van der Waals surface area contributed by atoms with Gasteiger partial charge in [-0.1, -0.05) is 37.1 Å². The molecule has 0 saturated heterocycles. The van der Waals surface area contributed by atoms with Gasteiger partial charge in [0.15, 0.2) is 0 Å². The predicted octanol–water partition coefficient (Wildman–Crippen LogP) is 4.16. The third-order valence-electron chi connectivity index (χ3n) is 7.75. The van der Waals surface area contributed by atoms with Crippen molar-refractivity contribution in [1.82, 2.24) is 0 Å². The lowest BCUT2D eigenvalue weighted by Gasteiger charge is -2.56. The summed E-state index contributed by atoms with van der Waals surface area (Å²) in [5.74, 6) is 1.12. The van der Waals surface area contributed by atoms with Gasteiger partial charge in [-0.2, -0.15) is 0 Å². The minimum atomic E-state index is -0.189. The number of ether oxygens (including phenoxy) is 1. The van der Waals surface area contributed by atoms with Gasteiger partial charge >= 0.3 is 5.97 Å². The molecule has 0 aliphatic heterocycles. The zero-order valence-electron chi connectivity index (χ0n) is 15.2. The van der Waals surface area contributed by atoms with E-state index < -0.39 is 0 Å². The fraction of sp³-hybridized carbons (Fsp3) is 0.762. The molecule has 6 atom stereocenters. The second kappa shape index (κ2) is 5.45. The van der Waals surface area contributed by atoms with Crippen LogP contribution >= 0.6 is 0 Å². The molecule has 3 nitrogen and oxygen atoms in total. The summed E-state index contributed by atoms with van der Waals surface area (Å²) in [7, 11) is 0. The Kier molecular flexibility index (Phi) is 3.72. The van der Waals surface area contributed by atoms with Gasteiger partial charge in [0.05, 0.1) is 6.10 Å². The van der Waals surface area contributed by atoms with Crippen molar-refractivity contribution >= 4 is 5.97 Å². The van der Waals surface area contributed by atoms with Crippen molar-refractivity contribution in [2.75, 3.05) is 0 Å². The van der Waals surface area contributed by atoms with E-state index in [1.807, 2.05) is 0 Å². The Labute approximate surface area is 145 Å². The fourth-order valence-electron chi connectivity index (χ4n) is 6.28. The molecule has 0 bridgehead atoms. The Morgan fingerprint density at radius 1 is 1.17 bits per heavy atom. The summed E-state index contributed by atoms with van der Waals surface area (Å²) in [5.41, 5.74) is 3.31. The SMILES string of the molecule is CC(=O)O[C@@H]1CC[C@@]2(C)C(=CC[C@H]3C4=CC[C@H](O)[C@@]4(C)CC[C@@H]32)C1. The number of fused-ring (bicyclic) bond motifs is 5. The first-order chi connectivity index (χ1) is 11.3. The van der Waals surface area contributed by atoms with Gasteiger partial charge in [-0.25, -0.2) is 0 Å². The van der Waals surface area contributed by atoms with E-state index in [-0.39, 0.29) is 29.0 Å². The maximum Gasteiger partial charge on any atom is 0.302 e. The topological polar surface area (TPSA) is 46.5 Å². The molecule has 2 fully saturated rings. The largest absolute Gasteiger partial charge is 0.462 e. The minimum absolute atomic E-state index is 0.0117. The molecular formula is C21H30O3. The number of aliphatic hydroxyl groups excluding tert-OH is 1. The number of carbonyl (C=O) groups excluding carboxylic acids is 1. The minimum Gasteiger partial charge on any atom is -0.462 e. The number of carbonyl (C=O) groups is 1. The van der Waals surface area contributed by atoms with Crippen LogP contribution in [0.5, 0.6) is 0 Å². The normalized spacial score (nSPS) is 47.0. The average Bonchev–Trinajstić information content (AvgIpc) is 2.83. The number of allylic oxidation sites excluding steroid dienone is 1. The van der Waals surface area contributed by atoms with Crippen LogP contribution in [-0.2, 0) is 9.53 Å². The molecule has 4 rings (SSSR count). The first-order valence-corrected chi connectivity index (χ1v) is 9.60. The van der Waals surface area contributed by atoms with Crippen molar-refractivity contribution < 1.29 is 14.6 Å². The van der Waals surface area contributed by atoms with Crippen molar-refractivity contribution in [2.45, 2.75) is 77.9 Å². The van der Waals surface area contributed by atoms with E-state index in [0.29, 0.717) is 11.8 Å². The summed E-state index contributed by atoms with van der Waals surface area (Å²) < 4.78 is 5.50. The summed E-state index contributed by atoms with van der Waals surface area (Å²) in [6, 6.07) is 0. The van der Waals surface area contributed by atoms with Gasteiger partial charge in [0.25, 0.3) is 0 Å². The van der Waals surface area contributed by atoms with E-state index in [4.69, 9.17) is 4.74 Å². The maximum atomic E-state index is 11.3. The van der Waals surface area contributed by atoms with E-state index >= 15 is 0 Å². The van der Waals surface area contributed by atoms with Crippen LogP contribution in [0.1, 0.15) is 65.7 Å². The molecule has 0 radical (unpaired) electrons. The first-order valence-electron chi connectivity index (χ1n) is 9.60. The zero-order chi connectivity index (χ0) is 17.1. The van der Waals surface area contributed by atoms with E-state index in [0.717, 1.165) is 38.5 Å². The highest BCUT2D eigenvalue weighted by Gasteiger charge is 2.55. The van der Waals surface area contributed by atoms with E-state index in [9.17, 15) is 9.90 Å². The number of aliphatic hydroxyl groups is 1. The van der Waals surface area contributed by atoms with Gasteiger partial charge in [0.2, 0.25) is 0 Å². The molecule has 0 aromatic rings. The number of esters is 1. The lowest BCUT2D eigenvalue weighted by atomic mass is 9.49. The summed E-state index contributed by atoms with van der Waals surface area (Å²) in [4.78, 5) is 11.3. The van der Waals surface area contributed by atoms with Gasteiger partial charge in [0.1, 0.15) is 6.10 Å². The standard InChI is InChI=1S/C21H30O3/c1-13(22)24-15-8-10-20(2)14(12-15)4-5-16-17-6-7-19(23)21(17,3)11-9-18(16)20/h4,6,15-16,18-19,23H,5,7-12H2,1-3H3/t15-,16+,18+,19+,20+,21+/m1/s1. The van der Waals surface area contributed by atoms with E-state index in [1.54, 1.807) is 0 Å². The molecule has 0 heterocycles. The summed E-state index contributed by atoms with van der Waals surface area (Å²) in [6.45, 7) is 6.22. The van der Waals surface area contributed by atoms with Crippen LogP contribution < -0.4 is 0 Å². The van der Waals surface area contributed by atoms with Crippen molar-refractivity contribution in [3.8, 4) is 0 Å². The molecule has 2 saturated carbocycles. The second-order valence-electron chi connectivity index (χ2n) is 8.94. The number of hydrogen-bond donors (Lipinski definition) is 1. The first kappa shape index (κ1) is 16.4. The summed E-state index contributed by atoms with van der Waals surface area (Å²) >= 11 is 0. The molecule has 0 unspecified atom stereocenters. The lowest BCUT2D eigenvalue weighted by molar-refractivity contribution is -0.148. The van der Waals surface area contributed by atoms with E-state index in [2.05, 4.69) is 26.0 Å². The molecule has 0 aromatic heterocycles. The third-order valence-corrected chi connectivity index (χ3v) is 7.75. The van der Waals surface area contributed by atoms with Gasteiger partial charge in [-0.3, -0.25) is 4.79 Å². The Morgan fingerprint density at radius 3 is 2.67 bits per heavy atom. The van der Waals surface area contributed by atoms with Crippen LogP contribution in [0.4, 0.5) is 0 Å². The van der Waals surface area contributed by atoms with Gasteiger partial charge in [-0.05, 0) is 55.8 Å². The molecule has 3 heteroatoms. The Hall–Kier alpha value is -1.09. The summed E-state index contributed by atoms with van der Waals surface area (Å²) in [5, 5.41) is 10.5. The Morgan fingerprint density at radius 2 is 1.92 bits per heavy atom. The third kappa shape index (κ3) is 2.23.